The molecule has 0 saturated carbocycles. The highest BCUT2D eigenvalue weighted by molar-refractivity contribution is 5.50. The molecule has 0 radical (unpaired) electrons. The number of benzene rings is 2. The van der Waals surface area contributed by atoms with Gasteiger partial charge in [-0.05, 0) is 61.6 Å². The number of halogens is 3. The van der Waals surface area contributed by atoms with Crippen molar-refractivity contribution in [1.29, 1.82) is 0 Å². The Morgan fingerprint density at radius 1 is 1.08 bits per heavy atom. The van der Waals surface area contributed by atoms with Gasteiger partial charge in [-0.1, -0.05) is 12.1 Å². The highest BCUT2D eigenvalue weighted by Gasteiger charge is 2.19. The van der Waals surface area contributed by atoms with Gasteiger partial charge in [-0.3, -0.25) is 0 Å². The van der Waals surface area contributed by atoms with Crippen LogP contribution in [0.4, 0.5) is 18.9 Å². The quantitative estimate of drug-likeness (QED) is 0.456. The molecule has 1 nitrogen and oxygen atoms in total. The summed E-state index contributed by atoms with van der Waals surface area (Å²) in [5.74, 6) is -1.27. The Labute approximate surface area is 141 Å². The number of aryl methyl sites for hydroxylation is 1. The van der Waals surface area contributed by atoms with Crippen LogP contribution < -0.4 is 4.90 Å². The molecular formula is C20H22F3N. The summed E-state index contributed by atoms with van der Waals surface area (Å²) in [6.07, 6.45) is 4.25. The van der Waals surface area contributed by atoms with Crippen molar-refractivity contribution >= 4 is 5.69 Å². The van der Waals surface area contributed by atoms with E-state index in [0.29, 0.717) is 6.42 Å². The summed E-state index contributed by atoms with van der Waals surface area (Å²) in [5, 5.41) is 0. The lowest BCUT2D eigenvalue weighted by Gasteiger charge is -2.29. The summed E-state index contributed by atoms with van der Waals surface area (Å²) in [5.41, 5.74) is 1.98. The first-order valence-corrected chi connectivity index (χ1v) is 8.01. The zero-order valence-electron chi connectivity index (χ0n) is 14.0. The second-order valence-corrected chi connectivity index (χ2v) is 5.91. The molecular weight excluding hydrogens is 311 g/mol. The first kappa shape index (κ1) is 18.1. The van der Waals surface area contributed by atoms with E-state index in [1.54, 1.807) is 18.0 Å². The molecule has 2 rings (SSSR count). The molecule has 0 amide bonds. The smallest absolute Gasteiger partial charge is 0.146 e. The molecule has 1 atom stereocenters. The lowest BCUT2D eigenvalue weighted by atomic mass is 9.96. The Bertz CT molecular complexity index is 712. The van der Waals surface area contributed by atoms with Gasteiger partial charge in [-0.25, -0.2) is 13.2 Å². The normalized spacial score (nSPS) is 12.0. The van der Waals surface area contributed by atoms with Crippen molar-refractivity contribution in [2.75, 3.05) is 11.9 Å². The molecule has 0 aromatic heterocycles. The van der Waals surface area contributed by atoms with Crippen molar-refractivity contribution in [3.8, 4) is 0 Å². The molecule has 24 heavy (non-hydrogen) atoms. The van der Waals surface area contributed by atoms with Crippen LogP contribution in [0.1, 0.15) is 36.9 Å². The van der Waals surface area contributed by atoms with Gasteiger partial charge in [0.15, 0.2) is 0 Å². The van der Waals surface area contributed by atoms with Gasteiger partial charge in [-0.15, -0.1) is 6.58 Å². The lowest BCUT2D eigenvalue weighted by Crippen LogP contribution is -2.24. The molecule has 0 spiro atoms. The van der Waals surface area contributed by atoms with Crippen molar-refractivity contribution in [1.82, 2.24) is 0 Å². The van der Waals surface area contributed by atoms with Gasteiger partial charge >= 0.3 is 0 Å². The summed E-state index contributed by atoms with van der Waals surface area (Å²) < 4.78 is 41.1. The van der Waals surface area contributed by atoms with E-state index < -0.39 is 11.6 Å². The summed E-state index contributed by atoms with van der Waals surface area (Å²) in [6, 6.07) is 7.80. The fourth-order valence-electron chi connectivity index (χ4n) is 2.81. The molecule has 0 N–H and O–H groups in total. The van der Waals surface area contributed by atoms with Gasteiger partial charge in [0, 0.05) is 13.1 Å². The van der Waals surface area contributed by atoms with Crippen molar-refractivity contribution in [3.05, 3.63) is 77.6 Å². The molecule has 0 aliphatic carbocycles. The maximum absolute atomic E-state index is 14.0. The number of hydrogen-bond acceptors (Lipinski definition) is 1. The Morgan fingerprint density at radius 2 is 1.75 bits per heavy atom. The third-order valence-corrected chi connectivity index (χ3v) is 4.28. The van der Waals surface area contributed by atoms with Crippen LogP contribution in [-0.4, -0.2) is 7.05 Å². The molecule has 2 aromatic carbocycles. The molecule has 0 aliphatic rings. The maximum Gasteiger partial charge on any atom is 0.146 e. The van der Waals surface area contributed by atoms with Gasteiger partial charge in [0.2, 0.25) is 0 Å². The minimum atomic E-state index is -0.490. The lowest BCUT2D eigenvalue weighted by molar-refractivity contribution is 0.587. The molecule has 128 valence electrons. The van der Waals surface area contributed by atoms with Crippen LogP contribution in [0.5, 0.6) is 0 Å². The zero-order valence-corrected chi connectivity index (χ0v) is 14.0. The van der Waals surface area contributed by atoms with E-state index in [-0.39, 0.29) is 17.5 Å². The number of rotatable bonds is 7. The molecule has 0 heterocycles. The number of allylic oxidation sites excluding steroid dienone is 1. The topological polar surface area (TPSA) is 3.24 Å². The summed E-state index contributed by atoms with van der Waals surface area (Å²) >= 11 is 0. The Kier molecular flexibility index (Phi) is 6.07. The number of nitrogens with zero attached hydrogens (tertiary/aromatic N) is 1. The van der Waals surface area contributed by atoms with Crippen LogP contribution >= 0.6 is 0 Å². The van der Waals surface area contributed by atoms with Crippen molar-refractivity contribution in [3.63, 3.8) is 0 Å². The monoisotopic (exact) mass is 333 g/mol. The Morgan fingerprint density at radius 3 is 2.46 bits per heavy atom. The van der Waals surface area contributed by atoms with E-state index in [1.165, 1.54) is 18.2 Å². The van der Waals surface area contributed by atoms with E-state index in [1.807, 2.05) is 13.0 Å². The van der Waals surface area contributed by atoms with Crippen molar-refractivity contribution < 1.29 is 13.2 Å². The minimum absolute atomic E-state index is 0.184. The van der Waals surface area contributed by atoms with Crippen LogP contribution in [0.25, 0.3) is 0 Å². The van der Waals surface area contributed by atoms with Gasteiger partial charge in [0.05, 0.1) is 11.7 Å². The molecule has 1 unspecified atom stereocenters. The van der Waals surface area contributed by atoms with Crippen LogP contribution in [0.2, 0.25) is 0 Å². The molecule has 0 bridgehead atoms. The standard InChI is InChI=1S/C20H22F3N/c1-4-5-6-7-15-12-16(21)8-10-18(15)14(2)24(3)20-13-17(22)9-11-19(20)23/h4,8-14H,1,5-7H2,2-3H3. The predicted octanol–water partition coefficient (Wildman–Crippen LogP) is 5.81. The van der Waals surface area contributed by atoms with Crippen LogP contribution in [0.3, 0.4) is 0 Å². The van der Waals surface area contributed by atoms with Gasteiger partial charge < -0.3 is 4.90 Å². The summed E-state index contributed by atoms with van der Waals surface area (Å²) in [7, 11) is 1.71. The molecule has 0 aliphatic heterocycles. The van der Waals surface area contributed by atoms with E-state index in [9.17, 15) is 13.2 Å². The van der Waals surface area contributed by atoms with Crippen LogP contribution in [0, 0.1) is 17.5 Å². The van der Waals surface area contributed by atoms with E-state index in [0.717, 1.165) is 36.1 Å². The largest absolute Gasteiger partial charge is 0.365 e. The average Bonchev–Trinajstić information content (AvgIpc) is 2.56. The molecule has 2 aromatic rings. The molecule has 0 saturated heterocycles. The second-order valence-electron chi connectivity index (χ2n) is 5.91. The average molecular weight is 333 g/mol. The fourth-order valence-corrected chi connectivity index (χ4v) is 2.81. The third-order valence-electron chi connectivity index (χ3n) is 4.28. The third kappa shape index (κ3) is 4.19. The summed E-state index contributed by atoms with van der Waals surface area (Å²) in [4.78, 5) is 1.67. The molecule has 4 heteroatoms. The van der Waals surface area contributed by atoms with E-state index in [2.05, 4.69) is 6.58 Å². The van der Waals surface area contributed by atoms with Crippen LogP contribution in [-0.2, 0) is 6.42 Å². The SMILES string of the molecule is C=CCCCc1cc(F)ccc1C(C)N(C)c1cc(F)ccc1F. The Hall–Kier alpha value is -2.23. The first-order chi connectivity index (χ1) is 11.4. The van der Waals surface area contributed by atoms with Gasteiger partial charge in [0.25, 0.3) is 0 Å². The highest BCUT2D eigenvalue weighted by atomic mass is 19.1. The van der Waals surface area contributed by atoms with Crippen LogP contribution in [0.15, 0.2) is 49.1 Å². The summed E-state index contributed by atoms with van der Waals surface area (Å²) in [6.45, 7) is 5.59. The minimum Gasteiger partial charge on any atom is -0.365 e. The molecule has 0 fully saturated rings. The van der Waals surface area contributed by atoms with E-state index in [4.69, 9.17) is 0 Å². The number of unbranched alkanes of at least 4 members (excludes halogenated alkanes) is 1. The number of anilines is 1. The Balaban J connectivity index is 2.32. The predicted molar refractivity (Wildman–Crippen MR) is 92.7 cm³/mol. The number of hydrogen-bond donors (Lipinski definition) is 0. The van der Waals surface area contributed by atoms with Crippen molar-refractivity contribution in [2.45, 2.75) is 32.2 Å². The highest BCUT2D eigenvalue weighted by Crippen LogP contribution is 2.30. The fraction of sp³-hybridized carbons (Fsp3) is 0.300. The van der Waals surface area contributed by atoms with E-state index >= 15 is 0 Å². The first-order valence-electron chi connectivity index (χ1n) is 8.01. The second kappa shape index (κ2) is 8.04. The zero-order chi connectivity index (χ0) is 17.7. The van der Waals surface area contributed by atoms with Crippen molar-refractivity contribution in [2.24, 2.45) is 0 Å². The van der Waals surface area contributed by atoms with Gasteiger partial charge in [0.1, 0.15) is 17.5 Å². The van der Waals surface area contributed by atoms with Gasteiger partial charge in [-0.2, -0.15) is 0 Å². The maximum atomic E-state index is 14.0.